The number of aromatic nitrogens is 1. The van der Waals surface area contributed by atoms with Crippen LogP contribution in [0.5, 0.6) is 0 Å². The zero-order valence-corrected chi connectivity index (χ0v) is 20.3. The van der Waals surface area contributed by atoms with Crippen LogP contribution in [0.25, 0.3) is 0 Å². The number of nitrogen functional groups attached to an aromatic ring is 1. The van der Waals surface area contributed by atoms with Crippen molar-refractivity contribution in [2.24, 2.45) is 0 Å². The van der Waals surface area contributed by atoms with Crippen LogP contribution in [-0.4, -0.2) is 45.3 Å². The van der Waals surface area contributed by atoms with E-state index < -0.39 is 10.8 Å². The molecule has 2 heterocycles. The summed E-state index contributed by atoms with van der Waals surface area (Å²) in [4.78, 5) is 20.6. The Morgan fingerprint density at radius 1 is 1.12 bits per heavy atom. The first-order chi connectivity index (χ1) is 15.4. The van der Waals surface area contributed by atoms with Crippen LogP contribution in [0.2, 0.25) is 10.0 Å². The predicted molar refractivity (Wildman–Crippen MR) is 133 cm³/mol. The molecule has 1 saturated heterocycles. The first-order valence-corrected chi connectivity index (χ1v) is 13.0. The van der Waals surface area contributed by atoms with Crippen molar-refractivity contribution >= 4 is 67.8 Å². The highest BCUT2D eigenvalue weighted by molar-refractivity contribution is 7.85. The maximum absolute atomic E-state index is 12.9. The van der Waals surface area contributed by atoms with Crippen molar-refractivity contribution in [3.05, 3.63) is 63.0 Å². The molecule has 3 N–H and O–H groups in total. The molecule has 2 aromatic carbocycles. The second kappa shape index (κ2) is 10.3. The summed E-state index contributed by atoms with van der Waals surface area (Å²) in [6.45, 7) is 3.06. The van der Waals surface area contributed by atoms with E-state index in [2.05, 4.69) is 15.2 Å². The van der Waals surface area contributed by atoms with Gasteiger partial charge in [0.15, 0.2) is 5.13 Å². The third-order valence-corrected chi connectivity index (χ3v) is 8.18. The molecule has 0 aliphatic carbocycles. The first kappa shape index (κ1) is 23.2. The molecule has 1 fully saturated rings. The van der Waals surface area contributed by atoms with E-state index in [1.165, 1.54) is 12.8 Å². The average Bonchev–Trinajstić information content (AvgIpc) is 3.42. The smallest absolute Gasteiger partial charge is 0.209 e. The number of hydrogen-bond acceptors (Lipinski definition) is 7. The zero-order chi connectivity index (χ0) is 22.7. The lowest BCUT2D eigenvalue weighted by Gasteiger charge is -2.13. The molecule has 1 aliphatic rings. The van der Waals surface area contributed by atoms with Crippen molar-refractivity contribution in [3.63, 3.8) is 0 Å². The van der Waals surface area contributed by atoms with Gasteiger partial charge < -0.3 is 16.0 Å². The number of benzene rings is 2. The van der Waals surface area contributed by atoms with E-state index in [0.717, 1.165) is 41.6 Å². The summed E-state index contributed by atoms with van der Waals surface area (Å²) >= 11 is 13.4. The summed E-state index contributed by atoms with van der Waals surface area (Å²) in [5, 5.41) is 4.14. The molecule has 168 valence electrons. The number of thiazole rings is 1. The Balaban J connectivity index is 1.42. The number of nitrogens with one attached hydrogen (secondary N) is 1. The molecule has 0 spiro atoms. The molecule has 0 saturated carbocycles. The van der Waals surface area contributed by atoms with Crippen molar-refractivity contribution in [1.29, 1.82) is 0 Å². The first-order valence-electron chi connectivity index (χ1n) is 10.1. The quantitative estimate of drug-likeness (QED) is 0.406. The molecule has 0 bridgehead atoms. The van der Waals surface area contributed by atoms with E-state index in [0.29, 0.717) is 10.9 Å². The van der Waals surface area contributed by atoms with Crippen molar-refractivity contribution in [2.45, 2.75) is 17.7 Å². The Labute approximate surface area is 203 Å². The topological polar surface area (TPSA) is 88.3 Å². The molecule has 0 amide bonds. The number of nitrogens with two attached hydrogens (primary N) is 1. The number of rotatable bonds is 8. The predicted octanol–water partition coefficient (Wildman–Crippen LogP) is 5.21. The molecule has 4 rings (SSSR count). The van der Waals surface area contributed by atoms with Gasteiger partial charge in [0.1, 0.15) is 10.7 Å². The van der Waals surface area contributed by atoms with Crippen LogP contribution in [0.15, 0.2) is 47.4 Å². The van der Waals surface area contributed by atoms with Gasteiger partial charge in [0.25, 0.3) is 0 Å². The summed E-state index contributed by atoms with van der Waals surface area (Å²) in [7, 11) is -1.04. The number of likely N-dealkylation sites (tertiary alicyclic amines) is 1. The highest BCUT2D eigenvalue weighted by atomic mass is 35.5. The third kappa shape index (κ3) is 5.32. The van der Waals surface area contributed by atoms with E-state index in [1.807, 2.05) is 24.3 Å². The van der Waals surface area contributed by atoms with Crippen LogP contribution < -0.4 is 11.1 Å². The molecule has 6 nitrogen and oxygen atoms in total. The summed E-state index contributed by atoms with van der Waals surface area (Å²) in [5.41, 5.74) is 6.96. The molecule has 1 unspecified atom stereocenters. The fourth-order valence-electron chi connectivity index (χ4n) is 3.53. The molecule has 3 aromatic rings. The summed E-state index contributed by atoms with van der Waals surface area (Å²) in [6, 6.07) is 12.2. The van der Waals surface area contributed by atoms with Crippen LogP contribution in [0.3, 0.4) is 0 Å². The largest absolute Gasteiger partial charge is 0.382 e. The Hall–Kier alpha value is -1.97. The third-order valence-electron chi connectivity index (χ3n) is 5.21. The Morgan fingerprint density at radius 2 is 1.78 bits per heavy atom. The fraction of sp³-hybridized carbons (Fsp3) is 0.273. The SMILES string of the molecule is Nc1nc(Nc2ccc(S(=O)CCN3CCCC3)cc2)sc1C(=O)c1c(Cl)cccc1Cl. The molecule has 0 radical (unpaired) electrons. The highest BCUT2D eigenvalue weighted by Crippen LogP contribution is 2.34. The maximum Gasteiger partial charge on any atom is 0.209 e. The van der Waals surface area contributed by atoms with Gasteiger partial charge in [-0.05, 0) is 62.3 Å². The maximum atomic E-state index is 12.9. The molecular formula is C22H22Cl2N4O2S2. The summed E-state index contributed by atoms with van der Waals surface area (Å²) in [6.07, 6.45) is 2.46. The van der Waals surface area contributed by atoms with Crippen LogP contribution >= 0.6 is 34.5 Å². The van der Waals surface area contributed by atoms with Gasteiger partial charge in [0, 0.05) is 22.9 Å². The Kier molecular flexibility index (Phi) is 7.48. The monoisotopic (exact) mass is 508 g/mol. The molecule has 1 atom stereocenters. The number of anilines is 3. The highest BCUT2D eigenvalue weighted by Gasteiger charge is 2.22. The van der Waals surface area contributed by atoms with Crippen LogP contribution in [0, 0.1) is 0 Å². The van der Waals surface area contributed by atoms with Crippen LogP contribution in [-0.2, 0) is 10.8 Å². The lowest BCUT2D eigenvalue weighted by molar-refractivity contribution is 0.104. The zero-order valence-electron chi connectivity index (χ0n) is 17.1. The molecule has 1 aliphatic heterocycles. The van der Waals surface area contributed by atoms with Gasteiger partial charge >= 0.3 is 0 Å². The van der Waals surface area contributed by atoms with E-state index in [4.69, 9.17) is 28.9 Å². The van der Waals surface area contributed by atoms with E-state index in [-0.39, 0.29) is 32.1 Å². The van der Waals surface area contributed by atoms with Gasteiger partial charge in [0.2, 0.25) is 5.78 Å². The van der Waals surface area contributed by atoms with Gasteiger partial charge in [-0.25, -0.2) is 4.98 Å². The van der Waals surface area contributed by atoms with Crippen molar-refractivity contribution in [1.82, 2.24) is 9.88 Å². The lowest BCUT2D eigenvalue weighted by Crippen LogP contribution is -2.24. The second-order valence-electron chi connectivity index (χ2n) is 7.41. The van der Waals surface area contributed by atoms with Gasteiger partial charge in [-0.1, -0.05) is 40.6 Å². The Bertz CT molecular complexity index is 1130. The minimum atomic E-state index is -1.04. The normalized spacial score (nSPS) is 15.1. The average molecular weight is 509 g/mol. The van der Waals surface area contributed by atoms with Crippen LogP contribution in [0.4, 0.5) is 16.6 Å². The standard InChI is InChI=1S/C22H22Cl2N4O2S2/c23-16-4-3-5-17(24)18(16)19(29)20-21(25)27-22(31-20)26-14-6-8-15(9-7-14)32(30)13-12-28-10-1-2-11-28/h3-9H,1-2,10-13,25H2,(H,26,27). The molecule has 10 heteroatoms. The fourth-order valence-corrected chi connectivity index (χ4v) is 6.05. The van der Waals surface area contributed by atoms with Gasteiger partial charge in [-0.3, -0.25) is 9.00 Å². The van der Waals surface area contributed by atoms with Crippen molar-refractivity contribution < 1.29 is 9.00 Å². The summed E-state index contributed by atoms with van der Waals surface area (Å²) in [5.74, 6) is 0.372. The van der Waals surface area contributed by atoms with Crippen molar-refractivity contribution in [3.8, 4) is 0 Å². The molecule has 32 heavy (non-hydrogen) atoms. The van der Waals surface area contributed by atoms with Gasteiger partial charge in [-0.2, -0.15) is 0 Å². The number of halogens is 2. The molecule has 1 aromatic heterocycles. The van der Waals surface area contributed by atoms with E-state index >= 15 is 0 Å². The number of ketones is 1. The van der Waals surface area contributed by atoms with Gasteiger partial charge in [-0.15, -0.1) is 0 Å². The summed E-state index contributed by atoms with van der Waals surface area (Å²) < 4.78 is 12.6. The number of nitrogens with zero attached hydrogens (tertiary/aromatic N) is 2. The van der Waals surface area contributed by atoms with Crippen molar-refractivity contribution in [2.75, 3.05) is 36.4 Å². The minimum Gasteiger partial charge on any atom is -0.382 e. The van der Waals surface area contributed by atoms with Crippen LogP contribution in [0.1, 0.15) is 28.1 Å². The van der Waals surface area contributed by atoms with E-state index in [1.54, 1.807) is 18.2 Å². The number of hydrogen-bond donors (Lipinski definition) is 2. The van der Waals surface area contributed by atoms with Gasteiger partial charge in [0.05, 0.1) is 26.4 Å². The lowest BCUT2D eigenvalue weighted by atomic mass is 10.1. The molecular weight excluding hydrogens is 487 g/mol. The Morgan fingerprint density at radius 3 is 2.44 bits per heavy atom. The minimum absolute atomic E-state index is 0.109. The number of carbonyl (C=O) groups is 1. The van der Waals surface area contributed by atoms with E-state index in [9.17, 15) is 9.00 Å². The number of carbonyl (C=O) groups excluding carboxylic acids is 1. The second-order valence-corrected chi connectivity index (χ2v) is 10.8.